The molecule has 1 N–H and O–H groups in total. The van der Waals surface area contributed by atoms with Gasteiger partial charge in [-0.25, -0.2) is 0 Å². The Bertz CT molecular complexity index is 518. The highest BCUT2D eigenvalue weighted by Crippen LogP contribution is 2.25. The lowest BCUT2D eigenvalue weighted by molar-refractivity contribution is -0.127. The highest BCUT2D eigenvalue weighted by atomic mass is 16.5. The molecule has 1 amide bonds. The van der Waals surface area contributed by atoms with Crippen LogP contribution in [0.2, 0.25) is 0 Å². The Hall–Kier alpha value is -2.17. The van der Waals surface area contributed by atoms with Gasteiger partial charge in [-0.1, -0.05) is 60.7 Å². The number of nitrogens with one attached hydrogen (secondary N) is 1. The molecule has 116 valence electrons. The van der Waals surface area contributed by atoms with Crippen LogP contribution in [-0.4, -0.2) is 32.8 Å². The second-order valence-corrected chi connectivity index (χ2v) is 4.86. The van der Waals surface area contributed by atoms with Gasteiger partial charge in [0.05, 0.1) is 6.61 Å². The first kappa shape index (κ1) is 16.2. The first-order chi connectivity index (χ1) is 10.8. The van der Waals surface area contributed by atoms with E-state index in [0.717, 1.165) is 11.1 Å². The lowest BCUT2D eigenvalue weighted by Gasteiger charge is -2.18. The largest absolute Gasteiger partial charge is 0.383 e. The van der Waals surface area contributed by atoms with Gasteiger partial charge in [0.1, 0.15) is 12.7 Å². The van der Waals surface area contributed by atoms with E-state index < -0.39 is 0 Å². The topological polar surface area (TPSA) is 47.6 Å². The van der Waals surface area contributed by atoms with E-state index >= 15 is 0 Å². The van der Waals surface area contributed by atoms with Gasteiger partial charge >= 0.3 is 0 Å². The highest BCUT2D eigenvalue weighted by Gasteiger charge is 2.15. The first-order valence-electron chi connectivity index (χ1n) is 7.28. The van der Waals surface area contributed by atoms with Crippen LogP contribution in [-0.2, 0) is 14.3 Å². The molecule has 4 heteroatoms. The third-order valence-corrected chi connectivity index (χ3v) is 3.21. The summed E-state index contributed by atoms with van der Waals surface area (Å²) in [5.41, 5.74) is 2.05. The van der Waals surface area contributed by atoms with Gasteiger partial charge in [0.25, 0.3) is 0 Å². The number of amides is 1. The fourth-order valence-electron chi connectivity index (χ4n) is 2.14. The van der Waals surface area contributed by atoms with Crippen LogP contribution in [0.4, 0.5) is 0 Å². The summed E-state index contributed by atoms with van der Waals surface area (Å²) in [6.45, 7) is 0.991. The zero-order chi connectivity index (χ0) is 15.6. The van der Waals surface area contributed by atoms with Crippen molar-refractivity contribution in [1.29, 1.82) is 0 Å². The Morgan fingerprint density at radius 3 is 2.05 bits per heavy atom. The van der Waals surface area contributed by atoms with Gasteiger partial charge in [-0.3, -0.25) is 4.79 Å². The molecule has 2 aromatic carbocycles. The molecular weight excluding hydrogens is 278 g/mol. The maximum atomic E-state index is 11.8. The molecule has 22 heavy (non-hydrogen) atoms. The average Bonchev–Trinajstić information content (AvgIpc) is 2.57. The van der Waals surface area contributed by atoms with Crippen molar-refractivity contribution in [3.05, 3.63) is 71.8 Å². The number of hydrogen-bond acceptors (Lipinski definition) is 3. The molecule has 0 bridgehead atoms. The van der Waals surface area contributed by atoms with Crippen LogP contribution in [0.5, 0.6) is 0 Å². The van der Waals surface area contributed by atoms with Gasteiger partial charge in [-0.05, 0) is 11.1 Å². The monoisotopic (exact) mass is 299 g/mol. The molecule has 2 aromatic rings. The second-order valence-electron chi connectivity index (χ2n) is 4.86. The average molecular weight is 299 g/mol. The van der Waals surface area contributed by atoms with Crippen LogP contribution >= 0.6 is 0 Å². The Kier molecular flexibility index (Phi) is 6.61. The van der Waals surface area contributed by atoms with Crippen LogP contribution < -0.4 is 5.32 Å². The van der Waals surface area contributed by atoms with Crippen molar-refractivity contribution in [2.45, 2.75) is 6.10 Å². The summed E-state index contributed by atoms with van der Waals surface area (Å²) in [5.74, 6) is -0.145. The van der Waals surface area contributed by atoms with Crippen LogP contribution in [0.1, 0.15) is 17.2 Å². The number of benzene rings is 2. The number of rotatable bonds is 8. The molecule has 0 fully saturated rings. The van der Waals surface area contributed by atoms with E-state index in [-0.39, 0.29) is 18.6 Å². The van der Waals surface area contributed by atoms with Crippen LogP contribution in [0.3, 0.4) is 0 Å². The minimum atomic E-state index is -0.254. The molecule has 0 saturated heterocycles. The highest BCUT2D eigenvalue weighted by molar-refractivity contribution is 5.77. The molecule has 0 aliphatic heterocycles. The van der Waals surface area contributed by atoms with Crippen molar-refractivity contribution in [3.63, 3.8) is 0 Å². The van der Waals surface area contributed by atoms with Crippen LogP contribution in [0.15, 0.2) is 60.7 Å². The minimum absolute atomic E-state index is 0.0121. The van der Waals surface area contributed by atoms with Crippen molar-refractivity contribution in [3.8, 4) is 0 Å². The molecule has 0 aliphatic rings. The summed E-state index contributed by atoms with van der Waals surface area (Å²) in [7, 11) is 1.60. The summed E-state index contributed by atoms with van der Waals surface area (Å²) in [6.07, 6.45) is -0.254. The minimum Gasteiger partial charge on any atom is -0.383 e. The van der Waals surface area contributed by atoms with E-state index in [4.69, 9.17) is 9.47 Å². The predicted octanol–water partition coefficient (Wildman–Crippen LogP) is 2.56. The van der Waals surface area contributed by atoms with E-state index in [0.29, 0.717) is 13.2 Å². The quantitative estimate of drug-likeness (QED) is 0.762. The number of ether oxygens (including phenoxy) is 2. The lowest BCUT2D eigenvalue weighted by atomic mass is 10.0. The maximum Gasteiger partial charge on any atom is 0.246 e. The van der Waals surface area contributed by atoms with Crippen LogP contribution in [0.25, 0.3) is 0 Å². The zero-order valence-corrected chi connectivity index (χ0v) is 12.7. The number of methoxy groups -OCH3 is 1. The number of carbonyl (C=O) groups is 1. The summed E-state index contributed by atoms with van der Waals surface area (Å²) in [5, 5.41) is 2.75. The molecule has 0 unspecified atom stereocenters. The fraction of sp³-hybridized carbons (Fsp3) is 0.278. The van der Waals surface area contributed by atoms with Crippen molar-refractivity contribution in [2.24, 2.45) is 0 Å². The van der Waals surface area contributed by atoms with Gasteiger partial charge in [0.15, 0.2) is 0 Å². The normalized spacial score (nSPS) is 10.6. The van der Waals surface area contributed by atoms with Gasteiger partial charge in [-0.15, -0.1) is 0 Å². The third kappa shape index (κ3) is 4.98. The van der Waals surface area contributed by atoms with Gasteiger partial charge in [0.2, 0.25) is 5.91 Å². The van der Waals surface area contributed by atoms with E-state index in [1.807, 2.05) is 60.7 Å². The molecule has 0 atom stereocenters. The maximum absolute atomic E-state index is 11.8. The Morgan fingerprint density at radius 2 is 1.55 bits per heavy atom. The third-order valence-electron chi connectivity index (χ3n) is 3.21. The Balaban J connectivity index is 2.02. The first-order valence-corrected chi connectivity index (χ1v) is 7.28. The molecular formula is C18H21NO3. The molecule has 0 radical (unpaired) electrons. The van der Waals surface area contributed by atoms with Gasteiger partial charge in [0, 0.05) is 13.7 Å². The molecule has 0 aromatic heterocycles. The van der Waals surface area contributed by atoms with Crippen molar-refractivity contribution in [2.75, 3.05) is 26.9 Å². The number of hydrogen-bond donors (Lipinski definition) is 1. The fourth-order valence-corrected chi connectivity index (χ4v) is 2.14. The molecule has 0 aliphatic carbocycles. The number of carbonyl (C=O) groups excluding carboxylic acids is 1. The molecule has 0 heterocycles. The van der Waals surface area contributed by atoms with E-state index in [1.165, 1.54) is 0 Å². The predicted molar refractivity (Wildman–Crippen MR) is 85.6 cm³/mol. The molecule has 2 rings (SSSR count). The van der Waals surface area contributed by atoms with Crippen LogP contribution in [0, 0.1) is 0 Å². The van der Waals surface area contributed by atoms with Crippen molar-refractivity contribution < 1.29 is 14.3 Å². The van der Waals surface area contributed by atoms with Gasteiger partial charge in [-0.2, -0.15) is 0 Å². The SMILES string of the molecule is COCCNC(=O)COC(c1ccccc1)c1ccccc1. The van der Waals surface area contributed by atoms with Gasteiger partial charge < -0.3 is 14.8 Å². The Morgan fingerprint density at radius 1 is 1.00 bits per heavy atom. The van der Waals surface area contributed by atoms with E-state index in [1.54, 1.807) is 7.11 Å². The zero-order valence-electron chi connectivity index (χ0n) is 12.7. The molecule has 0 spiro atoms. The Labute approximate surface area is 131 Å². The summed E-state index contributed by atoms with van der Waals surface area (Å²) in [6, 6.07) is 19.8. The summed E-state index contributed by atoms with van der Waals surface area (Å²) in [4.78, 5) is 11.8. The lowest BCUT2D eigenvalue weighted by Crippen LogP contribution is -2.31. The standard InChI is InChI=1S/C18H21NO3/c1-21-13-12-19-17(20)14-22-18(15-8-4-2-5-9-15)16-10-6-3-7-11-16/h2-11,18H,12-14H2,1H3,(H,19,20). The summed E-state index contributed by atoms with van der Waals surface area (Å²) >= 11 is 0. The molecule has 0 saturated carbocycles. The van der Waals surface area contributed by atoms with Crippen molar-refractivity contribution in [1.82, 2.24) is 5.32 Å². The van der Waals surface area contributed by atoms with Crippen molar-refractivity contribution >= 4 is 5.91 Å². The van der Waals surface area contributed by atoms with E-state index in [2.05, 4.69) is 5.32 Å². The van der Waals surface area contributed by atoms with E-state index in [9.17, 15) is 4.79 Å². The summed E-state index contributed by atoms with van der Waals surface area (Å²) < 4.78 is 10.8. The smallest absolute Gasteiger partial charge is 0.246 e. The second kappa shape index (κ2) is 8.97. The molecule has 4 nitrogen and oxygen atoms in total.